The Bertz CT molecular complexity index is 936. The molecule has 1 aliphatic rings. The van der Waals surface area contributed by atoms with Crippen LogP contribution in [0.1, 0.15) is 24.5 Å². The predicted octanol–water partition coefficient (Wildman–Crippen LogP) is 4.53. The SMILES string of the molecule is C=C(O)c1ccc(NC(=O)NC2CCN(c3ccc(C#N)c(Cl)c3)[C@H]2C)cc1. The zero-order valence-corrected chi connectivity index (χ0v) is 16.2. The van der Waals surface area contributed by atoms with Crippen LogP contribution in [0.5, 0.6) is 0 Å². The van der Waals surface area contributed by atoms with E-state index in [0.717, 1.165) is 18.7 Å². The number of nitrogens with zero attached hydrogens (tertiary/aromatic N) is 2. The fourth-order valence-corrected chi connectivity index (χ4v) is 3.57. The number of carbonyl (C=O) groups excluding carboxylic acids is 1. The molecule has 1 aliphatic heterocycles. The van der Waals surface area contributed by atoms with E-state index in [2.05, 4.69) is 28.2 Å². The smallest absolute Gasteiger partial charge is 0.319 e. The third-order valence-corrected chi connectivity index (χ3v) is 5.26. The van der Waals surface area contributed by atoms with Gasteiger partial charge in [-0.25, -0.2) is 4.79 Å². The average molecular weight is 397 g/mol. The molecule has 7 heteroatoms. The van der Waals surface area contributed by atoms with Gasteiger partial charge in [-0.3, -0.25) is 0 Å². The summed E-state index contributed by atoms with van der Waals surface area (Å²) < 4.78 is 0. The van der Waals surface area contributed by atoms with Gasteiger partial charge in [-0.05, 0) is 55.8 Å². The first-order valence-electron chi connectivity index (χ1n) is 8.91. The van der Waals surface area contributed by atoms with Crippen LogP contribution in [0.4, 0.5) is 16.2 Å². The fraction of sp³-hybridized carbons (Fsp3) is 0.238. The van der Waals surface area contributed by atoms with Gasteiger partial charge in [-0.2, -0.15) is 5.26 Å². The quantitative estimate of drug-likeness (QED) is 0.662. The Balaban J connectivity index is 1.61. The Morgan fingerprint density at radius 3 is 2.64 bits per heavy atom. The van der Waals surface area contributed by atoms with Gasteiger partial charge in [0.25, 0.3) is 0 Å². The van der Waals surface area contributed by atoms with Gasteiger partial charge in [-0.1, -0.05) is 18.2 Å². The number of amides is 2. The molecule has 28 heavy (non-hydrogen) atoms. The van der Waals surface area contributed by atoms with Crippen molar-refractivity contribution >= 4 is 34.8 Å². The van der Waals surface area contributed by atoms with Crippen molar-refractivity contribution in [2.24, 2.45) is 0 Å². The largest absolute Gasteiger partial charge is 0.508 e. The molecule has 2 aromatic rings. The van der Waals surface area contributed by atoms with Gasteiger partial charge in [0.1, 0.15) is 11.8 Å². The number of nitriles is 1. The molecule has 3 N–H and O–H groups in total. The molecule has 2 atom stereocenters. The number of benzene rings is 2. The van der Waals surface area contributed by atoms with Gasteiger partial charge in [-0.15, -0.1) is 0 Å². The summed E-state index contributed by atoms with van der Waals surface area (Å²) in [5.74, 6) is -0.0150. The lowest BCUT2D eigenvalue weighted by Crippen LogP contribution is -2.45. The van der Waals surface area contributed by atoms with Crippen molar-refractivity contribution in [3.05, 3.63) is 65.2 Å². The van der Waals surface area contributed by atoms with Crippen molar-refractivity contribution < 1.29 is 9.90 Å². The van der Waals surface area contributed by atoms with Gasteiger partial charge < -0.3 is 20.6 Å². The van der Waals surface area contributed by atoms with Gasteiger partial charge >= 0.3 is 6.03 Å². The van der Waals surface area contributed by atoms with Crippen molar-refractivity contribution in [3.63, 3.8) is 0 Å². The molecule has 3 rings (SSSR count). The van der Waals surface area contributed by atoms with Crippen molar-refractivity contribution in [1.29, 1.82) is 5.26 Å². The van der Waals surface area contributed by atoms with Crippen LogP contribution in [0.25, 0.3) is 5.76 Å². The molecule has 0 aliphatic carbocycles. The van der Waals surface area contributed by atoms with Crippen LogP contribution in [0.15, 0.2) is 49.0 Å². The first-order chi connectivity index (χ1) is 13.4. The van der Waals surface area contributed by atoms with E-state index in [1.807, 2.05) is 13.0 Å². The van der Waals surface area contributed by atoms with E-state index in [0.29, 0.717) is 21.8 Å². The Morgan fingerprint density at radius 2 is 2.04 bits per heavy atom. The molecule has 2 aromatic carbocycles. The standard InChI is InChI=1S/C21H21ClN4O2/c1-13-20(9-10-26(13)18-8-5-16(12-23)19(22)11-18)25-21(28)24-17-6-3-15(4-7-17)14(2)27/h3-8,11,13,20,27H,2,9-10H2,1H3,(H2,24,25,28)/t13-,20?/m0/s1. The van der Waals surface area contributed by atoms with Crippen molar-refractivity contribution in [2.45, 2.75) is 25.4 Å². The minimum atomic E-state index is -0.285. The highest BCUT2D eigenvalue weighted by Crippen LogP contribution is 2.29. The van der Waals surface area contributed by atoms with Crippen molar-refractivity contribution in [3.8, 4) is 6.07 Å². The molecule has 1 unspecified atom stereocenters. The average Bonchev–Trinajstić information content (AvgIpc) is 3.02. The number of urea groups is 1. The van der Waals surface area contributed by atoms with Crippen LogP contribution in [0.3, 0.4) is 0 Å². The summed E-state index contributed by atoms with van der Waals surface area (Å²) in [5.41, 5.74) is 2.61. The van der Waals surface area contributed by atoms with E-state index in [1.54, 1.807) is 36.4 Å². The maximum atomic E-state index is 12.3. The zero-order chi connectivity index (χ0) is 20.3. The normalized spacial score (nSPS) is 18.4. The maximum Gasteiger partial charge on any atom is 0.319 e. The molecular weight excluding hydrogens is 376 g/mol. The minimum Gasteiger partial charge on any atom is -0.508 e. The van der Waals surface area contributed by atoms with Crippen LogP contribution in [-0.4, -0.2) is 29.8 Å². The molecule has 1 heterocycles. The number of hydrogen-bond acceptors (Lipinski definition) is 4. The number of carbonyl (C=O) groups is 1. The van der Waals surface area contributed by atoms with Crippen LogP contribution < -0.4 is 15.5 Å². The molecule has 1 fully saturated rings. The lowest BCUT2D eigenvalue weighted by Gasteiger charge is -2.27. The second-order valence-corrected chi connectivity index (χ2v) is 7.13. The minimum absolute atomic E-state index is 0.0150. The summed E-state index contributed by atoms with van der Waals surface area (Å²) in [6.07, 6.45) is 0.801. The van der Waals surface area contributed by atoms with Gasteiger partial charge in [0, 0.05) is 29.5 Å². The number of anilines is 2. The van der Waals surface area contributed by atoms with E-state index in [1.165, 1.54) is 0 Å². The molecule has 0 saturated carbocycles. The van der Waals surface area contributed by atoms with E-state index in [9.17, 15) is 9.90 Å². The summed E-state index contributed by atoms with van der Waals surface area (Å²) in [7, 11) is 0. The highest BCUT2D eigenvalue weighted by molar-refractivity contribution is 6.32. The molecule has 6 nitrogen and oxygen atoms in total. The number of halogens is 1. The lowest BCUT2D eigenvalue weighted by atomic mass is 10.1. The summed E-state index contributed by atoms with van der Waals surface area (Å²) >= 11 is 6.15. The Hall–Kier alpha value is -3.17. The molecular formula is C21H21ClN4O2. The Labute approximate surface area is 169 Å². The predicted molar refractivity (Wildman–Crippen MR) is 112 cm³/mol. The number of nitrogens with one attached hydrogen (secondary N) is 2. The summed E-state index contributed by atoms with van der Waals surface area (Å²) in [4.78, 5) is 14.5. The van der Waals surface area contributed by atoms with Crippen LogP contribution >= 0.6 is 11.6 Å². The monoisotopic (exact) mass is 396 g/mol. The van der Waals surface area contributed by atoms with Crippen LogP contribution in [-0.2, 0) is 0 Å². The number of rotatable bonds is 4. The number of aliphatic hydroxyl groups is 1. The number of aliphatic hydroxyl groups excluding tert-OH is 1. The highest BCUT2D eigenvalue weighted by Gasteiger charge is 2.32. The third-order valence-electron chi connectivity index (χ3n) is 4.95. The van der Waals surface area contributed by atoms with Crippen LogP contribution in [0.2, 0.25) is 5.02 Å². The van der Waals surface area contributed by atoms with Crippen LogP contribution in [0, 0.1) is 11.3 Å². The van der Waals surface area contributed by atoms with Gasteiger partial charge in [0.15, 0.2) is 0 Å². The van der Waals surface area contributed by atoms with Crippen molar-refractivity contribution in [1.82, 2.24) is 5.32 Å². The Kier molecular flexibility index (Phi) is 5.76. The number of hydrogen-bond donors (Lipinski definition) is 3. The molecule has 2 amide bonds. The molecule has 0 bridgehead atoms. The topological polar surface area (TPSA) is 88.4 Å². The molecule has 0 spiro atoms. The zero-order valence-electron chi connectivity index (χ0n) is 15.4. The maximum absolute atomic E-state index is 12.3. The first-order valence-corrected chi connectivity index (χ1v) is 9.29. The third kappa shape index (κ3) is 4.21. The van der Waals surface area contributed by atoms with Gasteiger partial charge in [0.2, 0.25) is 0 Å². The Morgan fingerprint density at radius 1 is 1.32 bits per heavy atom. The molecule has 0 radical (unpaired) electrons. The fourth-order valence-electron chi connectivity index (χ4n) is 3.35. The van der Waals surface area contributed by atoms with Crippen molar-refractivity contribution in [2.75, 3.05) is 16.8 Å². The molecule has 0 aromatic heterocycles. The second-order valence-electron chi connectivity index (χ2n) is 6.73. The van der Waals surface area contributed by atoms with E-state index < -0.39 is 0 Å². The van der Waals surface area contributed by atoms with Gasteiger partial charge in [0.05, 0.1) is 16.6 Å². The van der Waals surface area contributed by atoms with E-state index in [-0.39, 0.29) is 23.9 Å². The highest BCUT2D eigenvalue weighted by atomic mass is 35.5. The molecule has 1 saturated heterocycles. The first kappa shape index (κ1) is 19.6. The lowest BCUT2D eigenvalue weighted by molar-refractivity contribution is 0.248. The second kappa shape index (κ2) is 8.24. The van der Waals surface area contributed by atoms with E-state index in [4.69, 9.17) is 16.9 Å². The summed E-state index contributed by atoms with van der Waals surface area (Å²) in [6, 6.07) is 14.0. The summed E-state index contributed by atoms with van der Waals surface area (Å²) in [5, 5.41) is 24.6. The summed E-state index contributed by atoms with van der Waals surface area (Å²) in [6.45, 7) is 6.29. The van der Waals surface area contributed by atoms with E-state index >= 15 is 0 Å². The molecule has 144 valence electrons.